The van der Waals surface area contributed by atoms with Gasteiger partial charge in [0.25, 0.3) is 0 Å². The number of nitrogens with zero attached hydrogens (tertiary/aromatic N) is 1. The Balaban J connectivity index is 1.32. The summed E-state index contributed by atoms with van der Waals surface area (Å²) in [6.45, 7) is 0. The molecule has 0 saturated heterocycles. The van der Waals surface area contributed by atoms with Crippen LogP contribution in [0.2, 0.25) is 0 Å². The van der Waals surface area contributed by atoms with Crippen molar-refractivity contribution in [3.05, 3.63) is 133 Å². The first-order chi connectivity index (χ1) is 19.7. The molecule has 1 nitrogen and oxygen atoms in total. The molecule has 0 aliphatic heterocycles. The maximum Gasteiger partial charge on any atom is 0.0991 e. The molecule has 0 N–H and O–H groups in total. The summed E-state index contributed by atoms with van der Waals surface area (Å²) in [5.74, 6) is 0. The van der Waals surface area contributed by atoms with E-state index in [1.165, 1.54) is 62.6 Å². The van der Waals surface area contributed by atoms with Crippen LogP contribution in [-0.2, 0) is 0 Å². The van der Waals surface area contributed by atoms with E-state index in [4.69, 9.17) is 0 Å². The van der Waals surface area contributed by atoms with Gasteiger partial charge in [-0.05, 0) is 88.0 Å². The zero-order chi connectivity index (χ0) is 26.6. The fourth-order valence-corrected chi connectivity index (χ4v) is 7.97. The fourth-order valence-electron chi connectivity index (χ4n) is 5.68. The van der Waals surface area contributed by atoms with Gasteiger partial charge in [0.15, 0.2) is 0 Å². The second-order valence-electron chi connectivity index (χ2n) is 10.1. The predicted molar refractivity (Wildman–Crippen MR) is 173 cm³/mol. The lowest BCUT2D eigenvalue weighted by Crippen LogP contribution is -1.87. The summed E-state index contributed by atoms with van der Waals surface area (Å²) in [7, 11) is 0. The minimum Gasteiger partial charge on any atom is -0.192 e. The molecule has 8 aromatic rings. The lowest BCUT2D eigenvalue weighted by atomic mass is 9.92. The van der Waals surface area contributed by atoms with Crippen LogP contribution >= 0.6 is 22.7 Å². The quantitative estimate of drug-likeness (QED) is 0.217. The van der Waals surface area contributed by atoms with Crippen molar-refractivity contribution in [2.75, 3.05) is 0 Å². The summed E-state index contributed by atoms with van der Waals surface area (Å²) in [4.78, 5) is 0. The third kappa shape index (κ3) is 3.81. The lowest BCUT2D eigenvalue weighted by molar-refractivity contribution is 1.48. The van der Waals surface area contributed by atoms with Crippen molar-refractivity contribution in [1.29, 1.82) is 5.26 Å². The molecule has 0 spiro atoms. The van der Waals surface area contributed by atoms with Gasteiger partial charge >= 0.3 is 0 Å². The lowest BCUT2D eigenvalue weighted by Gasteiger charge is -2.12. The second kappa shape index (κ2) is 9.17. The van der Waals surface area contributed by atoms with Crippen LogP contribution in [0.1, 0.15) is 5.56 Å². The molecule has 0 atom stereocenters. The van der Waals surface area contributed by atoms with Gasteiger partial charge in [-0.3, -0.25) is 0 Å². The van der Waals surface area contributed by atoms with E-state index >= 15 is 0 Å². The third-order valence-electron chi connectivity index (χ3n) is 7.70. The summed E-state index contributed by atoms with van der Waals surface area (Å²) in [5, 5.41) is 14.6. The smallest absolute Gasteiger partial charge is 0.0991 e. The zero-order valence-electron chi connectivity index (χ0n) is 21.4. The highest BCUT2D eigenvalue weighted by Gasteiger charge is 2.12. The molecule has 6 aromatic carbocycles. The molecular formula is C37H21NS2. The molecular weight excluding hydrogens is 523 g/mol. The van der Waals surface area contributed by atoms with Crippen LogP contribution in [0.15, 0.2) is 127 Å². The number of nitriles is 1. The molecule has 186 valence electrons. The first-order valence-corrected chi connectivity index (χ1v) is 14.9. The summed E-state index contributed by atoms with van der Waals surface area (Å²) in [6, 6.07) is 48.0. The Morgan fingerprint density at radius 1 is 0.375 bits per heavy atom. The zero-order valence-corrected chi connectivity index (χ0v) is 23.0. The molecule has 0 aliphatic rings. The summed E-state index contributed by atoms with van der Waals surface area (Å²) in [6.07, 6.45) is 0. The SMILES string of the molecule is N#Cc1ccc(-c2cc(-c3ccc4c(c3)sc3ccccc34)cc(-c3ccc4c(c3)sc3ccccc34)c2)cc1. The van der Waals surface area contributed by atoms with Gasteiger partial charge in [0.05, 0.1) is 11.6 Å². The van der Waals surface area contributed by atoms with Gasteiger partial charge in [-0.15, -0.1) is 22.7 Å². The van der Waals surface area contributed by atoms with Crippen molar-refractivity contribution in [1.82, 2.24) is 0 Å². The van der Waals surface area contributed by atoms with Gasteiger partial charge in [0, 0.05) is 40.3 Å². The molecule has 0 aliphatic carbocycles. The molecule has 40 heavy (non-hydrogen) atoms. The van der Waals surface area contributed by atoms with Gasteiger partial charge in [0.1, 0.15) is 0 Å². The van der Waals surface area contributed by atoms with Crippen molar-refractivity contribution < 1.29 is 0 Å². The Morgan fingerprint density at radius 2 is 0.800 bits per heavy atom. The standard InChI is InChI=1S/C37H21NS2/c38-22-23-9-11-24(12-10-23)27-17-28(25-13-15-32-30-5-1-3-7-34(30)39-36(32)20-25)19-29(18-27)26-14-16-33-31-6-2-4-8-35(31)40-37(33)21-26/h1-21H. The number of benzene rings is 6. The average molecular weight is 544 g/mol. The predicted octanol–water partition coefficient (Wildman–Crippen LogP) is 11.3. The van der Waals surface area contributed by atoms with Crippen molar-refractivity contribution in [3.8, 4) is 39.4 Å². The molecule has 2 aromatic heterocycles. The molecule has 0 fully saturated rings. The Morgan fingerprint density at radius 3 is 1.30 bits per heavy atom. The molecule has 0 bridgehead atoms. The average Bonchev–Trinajstić information content (AvgIpc) is 3.58. The topological polar surface area (TPSA) is 23.8 Å². The third-order valence-corrected chi connectivity index (χ3v) is 9.97. The van der Waals surface area contributed by atoms with E-state index in [9.17, 15) is 5.26 Å². The van der Waals surface area contributed by atoms with E-state index in [-0.39, 0.29) is 0 Å². The second-order valence-corrected chi connectivity index (χ2v) is 12.3. The van der Waals surface area contributed by atoms with E-state index in [0.717, 1.165) is 11.1 Å². The van der Waals surface area contributed by atoms with Crippen LogP contribution in [0.3, 0.4) is 0 Å². The molecule has 0 saturated carbocycles. The number of thiophene rings is 2. The highest BCUT2D eigenvalue weighted by molar-refractivity contribution is 7.26. The van der Waals surface area contributed by atoms with Gasteiger partial charge in [-0.2, -0.15) is 5.26 Å². The summed E-state index contributed by atoms with van der Waals surface area (Å²) < 4.78 is 5.24. The van der Waals surface area contributed by atoms with Crippen LogP contribution in [0.25, 0.3) is 73.7 Å². The molecule has 0 unspecified atom stereocenters. The Kier molecular flexibility index (Phi) is 5.31. The normalized spacial score (nSPS) is 11.5. The maximum atomic E-state index is 9.31. The number of hydrogen-bond acceptors (Lipinski definition) is 3. The first-order valence-electron chi connectivity index (χ1n) is 13.2. The number of hydrogen-bond donors (Lipinski definition) is 0. The molecule has 3 heteroatoms. The largest absolute Gasteiger partial charge is 0.192 e. The minimum absolute atomic E-state index is 0.672. The monoisotopic (exact) mass is 543 g/mol. The van der Waals surface area contributed by atoms with Gasteiger partial charge in [-0.25, -0.2) is 0 Å². The van der Waals surface area contributed by atoms with E-state index in [0.29, 0.717) is 5.56 Å². The van der Waals surface area contributed by atoms with Crippen LogP contribution in [0.5, 0.6) is 0 Å². The van der Waals surface area contributed by atoms with Crippen LogP contribution in [0.4, 0.5) is 0 Å². The highest BCUT2D eigenvalue weighted by atomic mass is 32.1. The van der Waals surface area contributed by atoms with Gasteiger partial charge in [-0.1, -0.05) is 72.8 Å². The van der Waals surface area contributed by atoms with Crippen LogP contribution < -0.4 is 0 Å². The Labute approximate surface area is 239 Å². The Hall–Kier alpha value is -4.75. The molecule has 0 amide bonds. The Bertz CT molecular complexity index is 2140. The molecule has 2 heterocycles. The van der Waals surface area contributed by atoms with Crippen molar-refractivity contribution >= 4 is 63.0 Å². The van der Waals surface area contributed by atoms with Gasteiger partial charge < -0.3 is 0 Å². The fraction of sp³-hybridized carbons (Fsp3) is 0. The van der Waals surface area contributed by atoms with E-state index < -0.39 is 0 Å². The van der Waals surface area contributed by atoms with Crippen molar-refractivity contribution in [2.45, 2.75) is 0 Å². The molecule has 8 rings (SSSR count). The summed E-state index contributed by atoms with van der Waals surface area (Å²) in [5.41, 5.74) is 7.71. The number of rotatable bonds is 3. The van der Waals surface area contributed by atoms with E-state index in [1.807, 2.05) is 46.9 Å². The van der Waals surface area contributed by atoms with Crippen LogP contribution in [0, 0.1) is 11.3 Å². The first kappa shape index (κ1) is 23.2. The maximum absolute atomic E-state index is 9.31. The van der Waals surface area contributed by atoms with Crippen molar-refractivity contribution in [2.24, 2.45) is 0 Å². The van der Waals surface area contributed by atoms with Crippen LogP contribution in [-0.4, -0.2) is 0 Å². The minimum atomic E-state index is 0.672. The van der Waals surface area contributed by atoms with E-state index in [2.05, 4.69) is 109 Å². The highest BCUT2D eigenvalue weighted by Crippen LogP contribution is 2.40. The number of fused-ring (bicyclic) bond motifs is 6. The van der Waals surface area contributed by atoms with Crippen molar-refractivity contribution in [3.63, 3.8) is 0 Å². The summed E-state index contributed by atoms with van der Waals surface area (Å²) >= 11 is 3.70. The molecule has 0 radical (unpaired) electrons. The van der Waals surface area contributed by atoms with Gasteiger partial charge in [0.2, 0.25) is 0 Å². The van der Waals surface area contributed by atoms with E-state index in [1.54, 1.807) is 0 Å².